The maximum Gasteiger partial charge on any atom is 0.137 e. The number of rotatable bonds is 3. The van der Waals surface area contributed by atoms with E-state index >= 15 is 0 Å². The minimum Gasteiger partial charge on any atom is -0.297 e. The smallest absolute Gasteiger partial charge is 0.137 e. The van der Waals surface area contributed by atoms with Crippen molar-refractivity contribution < 1.29 is 0 Å². The van der Waals surface area contributed by atoms with Crippen molar-refractivity contribution in [3.8, 4) is 0 Å². The van der Waals surface area contributed by atoms with E-state index in [0.717, 1.165) is 44.7 Å². The molecule has 1 saturated heterocycles. The van der Waals surface area contributed by atoms with Crippen molar-refractivity contribution in [2.24, 2.45) is 5.92 Å². The normalized spacial score (nSPS) is 30.6. The monoisotopic (exact) mass is 281 g/mol. The van der Waals surface area contributed by atoms with E-state index in [2.05, 4.69) is 32.1 Å². The van der Waals surface area contributed by atoms with Gasteiger partial charge in [-0.1, -0.05) is 25.7 Å². The number of piperazine rings is 1. The Labute approximate surface area is 120 Å². The zero-order valence-corrected chi connectivity index (χ0v) is 12.3. The molecule has 0 bridgehead atoms. The zero-order chi connectivity index (χ0) is 13.1. The third-order valence-electron chi connectivity index (χ3n) is 4.52. The minimum absolute atomic E-state index is 0.722. The van der Waals surface area contributed by atoms with E-state index in [9.17, 15) is 0 Å². The Bertz CT molecular complexity index is 374. The van der Waals surface area contributed by atoms with Crippen molar-refractivity contribution in [2.45, 2.75) is 38.3 Å². The highest BCUT2D eigenvalue weighted by Crippen LogP contribution is 2.30. The van der Waals surface area contributed by atoms with E-state index < -0.39 is 0 Å². The van der Waals surface area contributed by atoms with Gasteiger partial charge < -0.3 is 0 Å². The molecule has 19 heavy (non-hydrogen) atoms. The number of nitrogens with zero attached hydrogens (tertiary/aromatic N) is 5. The van der Waals surface area contributed by atoms with Crippen molar-refractivity contribution in [1.29, 1.82) is 0 Å². The van der Waals surface area contributed by atoms with Gasteiger partial charge in [-0.2, -0.15) is 5.10 Å². The van der Waals surface area contributed by atoms with Gasteiger partial charge in [-0.25, -0.2) is 4.98 Å². The fraction of sp³-hybridized carbons (Fsp3) is 0.846. The Morgan fingerprint density at radius 2 is 1.89 bits per heavy atom. The Morgan fingerprint density at radius 1 is 1.11 bits per heavy atom. The third-order valence-corrected chi connectivity index (χ3v) is 4.92. The second kappa shape index (κ2) is 6.24. The van der Waals surface area contributed by atoms with E-state index in [1.54, 1.807) is 6.33 Å². The largest absolute Gasteiger partial charge is 0.297 e. The lowest BCUT2D eigenvalue weighted by atomic mass is 9.83. The first-order chi connectivity index (χ1) is 9.33. The quantitative estimate of drug-likeness (QED) is 0.848. The summed E-state index contributed by atoms with van der Waals surface area (Å²) >= 11 is 4.44. The second-order valence-corrected chi connectivity index (χ2v) is 6.28. The lowest BCUT2D eigenvalue weighted by Crippen LogP contribution is -2.51. The summed E-state index contributed by atoms with van der Waals surface area (Å²) in [6.07, 6.45) is 8.88. The van der Waals surface area contributed by atoms with Gasteiger partial charge in [0.1, 0.15) is 12.7 Å². The molecule has 3 rings (SSSR count). The van der Waals surface area contributed by atoms with Crippen LogP contribution in [0.3, 0.4) is 0 Å². The maximum atomic E-state index is 4.44. The van der Waals surface area contributed by atoms with Crippen LogP contribution in [0.15, 0.2) is 12.7 Å². The molecule has 1 aliphatic heterocycles. The first-order valence-corrected chi connectivity index (χ1v) is 7.73. The van der Waals surface area contributed by atoms with Gasteiger partial charge in [0.15, 0.2) is 0 Å². The molecule has 2 heterocycles. The number of aromatic nitrogens is 3. The summed E-state index contributed by atoms with van der Waals surface area (Å²) in [5.74, 6) is 0.724. The van der Waals surface area contributed by atoms with Crippen molar-refractivity contribution in [2.75, 3.05) is 26.2 Å². The van der Waals surface area contributed by atoms with Crippen molar-refractivity contribution in [1.82, 2.24) is 24.0 Å². The van der Waals surface area contributed by atoms with Gasteiger partial charge >= 0.3 is 0 Å². The lowest BCUT2D eigenvalue weighted by Gasteiger charge is -2.43. The first kappa shape index (κ1) is 13.4. The van der Waals surface area contributed by atoms with E-state index in [1.807, 2.05) is 11.0 Å². The SMILES string of the molecule is SN1CCN(C2CCCCC2Cn2cncn2)CC1. The maximum absolute atomic E-state index is 4.44. The molecule has 6 heteroatoms. The van der Waals surface area contributed by atoms with E-state index in [4.69, 9.17) is 0 Å². The Morgan fingerprint density at radius 3 is 2.63 bits per heavy atom. The van der Waals surface area contributed by atoms with Gasteiger partial charge in [0.25, 0.3) is 0 Å². The van der Waals surface area contributed by atoms with Crippen LogP contribution in [-0.2, 0) is 6.54 Å². The van der Waals surface area contributed by atoms with Gasteiger partial charge in [0.2, 0.25) is 0 Å². The average molecular weight is 281 g/mol. The molecular weight excluding hydrogens is 258 g/mol. The van der Waals surface area contributed by atoms with Crippen molar-refractivity contribution in [3.63, 3.8) is 0 Å². The van der Waals surface area contributed by atoms with Crippen LogP contribution in [0.2, 0.25) is 0 Å². The molecule has 0 N–H and O–H groups in total. The summed E-state index contributed by atoms with van der Waals surface area (Å²) < 4.78 is 4.13. The van der Waals surface area contributed by atoms with Gasteiger partial charge in [0.05, 0.1) is 0 Å². The number of hydrogen-bond donors (Lipinski definition) is 1. The lowest BCUT2D eigenvalue weighted by molar-refractivity contribution is 0.0661. The third kappa shape index (κ3) is 3.30. The standard InChI is InChI=1S/C13H23N5S/c19-18-7-5-16(6-8-18)13-4-2-1-3-12(13)9-17-11-14-10-15-17/h10-13,19H,1-9H2. The van der Waals surface area contributed by atoms with Crippen LogP contribution in [0.4, 0.5) is 0 Å². The van der Waals surface area contributed by atoms with Crippen LogP contribution >= 0.6 is 12.8 Å². The Balaban J connectivity index is 1.63. The van der Waals surface area contributed by atoms with Gasteiger partial charge in [-0.05, 0) is 18.8 Å². The Hall–Kier alpha value is -0.590. The molecule has 0 aromatic carbocycles. The van der Waals surface area contributed by atoms with Crippen LogP contribution < -0.4 is 0 Å². The van der Waals surface area contributed by atoms with Crippen molar-refractivity contribution in [3.05, 3.63) is 12.7 Å². The second-order valence-electron chi connectivity index (χ2n) is 5.72. The zero-order valence-electron chi connectivity index (χ0n) is 11.4. The molecule has 0 radical (unpaired) electrons. The number of hydrogen-bond acceptors (Lipinski definition) is 5. The fourth-order valence-electron chi connectivity index (χ4n) is 3.49. The summed E-state index contributed by atoms with van der Waals surface area (Å²) in [4.78, 5) is 6.73. The molecule has 2 aliphatic rings. The van der Waals surface area contributed by atoms with Gasteiger partial charge in [-0.15, -0.1) is 0 Å². The summed E-state index contributed by atoms with van der Waals surface area (Å²) in [7, 11) is 0. The van der Waals surface area contributed by atoms with Crippen molar-refractivity contribution >= 4 is 12.8 Å². The topological polar surface area (TPSA) is 37.2 Å². The molecule has 5 nitrogen and oxygen atoms in total. The molecule has 1 aromatic rings. The molecule has 2 unspecified atom stereocenters. The predicted molar refractivity (Wildman–Crippen MR) is 77.9 cm³/mol. The van der Waals surface area contributed by atoms with Crippen LogP contribution in [0.1, 0.15) is 25.7 Å². The Kier molecular flexibility index (Phi) is 4.40. The highest BCUT2D eigenvalue weighted by atomic mass is 32.1. The highest BCUT2D eigenvalue weighted by Gasteiger charge is 2.31. The summed E-state index contributed by atoms with van der Waals surface area (Å²) in [5, 5.41) is 4.27. The van der Waals surface area contributed by atoms with Crippen LogP contribution in [0, 0.1) is 5.92 Å². The minimum atomic E-state index is 0.722. The van der Waals surface area contributed by atoms with E-state index in [0.29, 0.717) is 0 Å². The number of thiol groups is 1. The van der Waals surface area contributed by atoms with E-state index in [-0.39, 0.29) is 0 Å². The molecule has 0 spiro atoms. The van der Waals surface area contributed by atoms with Gasteiger partial charge in [0, 0.05) is 38.8 Å². The van der Waals surface area contributed by atoms with Crippen LogP contribution in [-0.4, -0.2) is 56.2 Å². The first-order valence-electron chi connectivity index (χ1n) is 7.33. The molecule has 106 valence electrons. The molecule has 2 atom stereocenters. The molecular formula is C13H23N5S. The molecule has 1 aliphatic carbocycles. The molecule has 1 aromatic heterocycles. The van der Waals surface area contributed by atoms with Crippen LogP contribution in [0.25, 0.3) is 0 Å². The summed E-state index contributed by atoms with van der Waals surface area (Å²) in [6.45, 7) is 5.49. The fourth-order valence-corrected chi connectivity index (χ4v) is 3.67. The molecule has 1 saturated carbocycles. The summed E-state index contributed by atoms with van der Waals surface area (Å²) in [5.41, 5.74) is 0. The predicted octanol–water partition coefficient (Wildman–Crippen LogP) is 1.30. The molecule has 2 fully saturated rings. The van der Waals surface area contributed by atoms with Crippen LogP contribution in [0.5, 0.6) is 0 Å². The highest BCUT2D eigenvalue weighted by molar-refractivity contribution is 7.77. The van der Waals surface area contributed by atoms with Gasteiger partial charge in [-0.3, -0.25) is 13.9 Å². The summed E-state index contributed by atoms with van der Waals surface area (Å²) in [6, 6.07) is 0.722. The molecule has 0 amide bonds. The average Bonchev–Trinajstić information content (AvgIpc) is 2.93. The van der Waals surface area contributed by atoms with E-state index in [1.165, 1.54) is 25.7 Å².